The molecule has 0 amide bonds. The van der Waals surface area contributed by atoms with Crippen LogP contribution in [-0.4, -0.2) is 20.4 Å². The van der Waals surface area contributed by atoms with Crippen molar-refractivity contribution in [3.8, 4) is 0 Å². The molecule has 0 unspecified atom stereocenters. The molecule has 2 aromatic rings. The highest BCUT2D eigenvalue weighted by Gasteiger charge is 2.11. The minimum absolute atomic E-state index is 0.111. The van der Waals surface area contributed by atoms with E-state index in [0.717, 1.165) is 10.9 Å². The van der Waals surface area contributed by atoms with Gasteiger partial charge >= 0.3 is 5.97 Å². The monoisotopic (exact) mass is 210 g/mol. The second-order valence-corrected chi connectivity index (χ2v) is 3.21. The standard InChI is InChI=1S/C9H7ClN2O2/c10-12-8-4-2-1-3-6(8)7(11-12)5-9(13)14/h1-4H,5H2,(H,13,14). The topological polar surface area (TPSA) is 55.1 Å². The highest BCUT2D eigenvalue weighted by atomic mass is 35.5. The molecule has 0 saturated heterocycles. The summed E-state index contributed by atoms with van der Waals surface area (Å²) >= 11 is 5.77. The zero-order chi connectivity index (χ0) is 10.1. The Morgan fingerprint density at radius 3 is 2.93 bits per heavy atom. The summed E-state index contributed by atoms with van der Waals surface area (Å²) in [6.45, 7) is 0. The van der Waals surface area contributed by atoms with Gasteiger partial charge in [0.05, 0.1) is 17.6 Å². The van der Waals surface area contributed by atoms with Crippen molar-refractivity contribution < 1.29 is 9.90 Å². The molecule has 0 aliphatic heterocycles. The van der Waals surface area contributed by atoms with Gasteiger partial charge in [0.25, 0.3) is 0 Å². The fourth-order valence-corrected chi connectivity index (χ4v) is 1.60. The summed E-state index contributed by atoms with van der Waals surface area (Å²) in [5, 5.41) is 13.4. The van der Waals surface area contributed by atoms with Crippen LogP contribution >= 0.6 is 11.8 Å². The van der Waals surface area contributed by atoms with Crippen LogP contribution < -0.4 is 0 Å². The van der Waals surface area contributed by atoms with Crippen molar-refractivity contribution in [2.24, 2.45) is 0 Å². The molecule has 0 spiro atoms. The number of para-hydroxylation sites is 1. The van der Waals surface area contributed by atoms with Crippen molar-refractivity contribution in [2.75, 3.05) is 0 Å². The molecule has 14 heavy (non-hydrogen) atoms. The van der Waals surface area contributed by atoms with Crippen molar-refractivity contribution in [1.29, 1.82) is 0 Å². The molecule has 1 N–H and O–H groups in total. The summed E-state index contributed by atoms with van der Waals surface area (Å²) < 4.78 is 1.17. The van der Waals surface area contributed by atoms with Crippen LogP contribution in [-0.2, 0) is 11.2 Å². The van der Waals surface area contributed by atoms with Gasteiger partial charge in [-0.2, -0.15) is 9.30 Å². The second kappa shape index (κ2) is 3.31. The van der Waals surface area contributed by atoms with Crippen LogP contribution in [0.1, 0.15) is 5.69 Å². The lowest BCUT2D eigenvalue weighted by Gasteiger charge is -1.90. The number of nitrogens with zero attached hydrogens (tertiary/aromatic N) is 2. The molecule has 2 rings (SSSR count). The maximum absolute atomic E-state index is 10.5. The number of carboxylic acid groups (broad SMARTS) is 1. The molecule has 4 nitrogen and oxygen atoms in total. The van der Waals surface area contributed by atoms with Crippen LogP contribution in [0.5, 0.6) is 0 Å². The van der Waals surface area contributed by atoms with E-state index in [-0.39, 0.29) is 6.42 Å². The molecular formula is C9H7ClN2O2. The molecule has 72 valence electrons. The van der Waals surface area contributed by atoms with Gasteiger partial charge in [0.2, 0.25) is 0 Å². The van der Waals surface area contributed by atoms with Crippen LogP contribution in [0, 0.1) is 0 Å². The van der Waals surface area contributed by atoms with Gasteiger partial charge in [0.1, 0.15) is 0 Å². The Balaban J connectivity index is 2.60. The number of aromatic nitrogens is 2. The third-order valence-corrected chi connectivity index (χ3v) is 2.20. The molecule has 0 fully saturated rings. The Labute approximate surface area is 84.8 Å². The predicted molar refractivity (Wildman–Crippen MR) is 52.3 cm³/mol. The van der Waals surface area contributed by atoms with Crippen molar-refractivity contribution in [2.45, 2.75) is 6.42 Å². The van der Waals surface area contributed by atoms with Crippen molar-refractivity contribution in [3.05, 3.63) is 30.0 Å². The number of benzene rings is 1. The van der Waals surface area contributed by atoms with Crippen molar-refractivity contribution in [3.63, 3.8) is 0 Å². The number of fused-ring (bicyclic) bond motifs is 1. The first-order valence-corrected chi connectivity index (χ1v) is 4.37. The number of rotatable bonds is 2. The number of carbonyl (C=O) groups is 1. The molecule has 1 aromatic heterocycles. The fourth-order valence-electron chi connectivity index (χ4n) is 1.37. The van der Waals surface area contributed by atoms with E-state index >= 15 is 0 Å². The van der Waals surface area contributed by atoms with Crippen LogP contribution in [0.4, 0.5) is 0 Å². The SMILES string of the molecule is O=C(O)Cc1nn(Cl)c2ccccc12. The summed E-state index contributed by atoms with van der Waals surface area (Å²) in [4.78, 5) is 10.5. The van der Waals surface area contributed by atoms with E-state index in [9.17, 15) is 4.79 Å². The number of halogens is 1. The Bertz CT molecular complexity index is 493. The van der Waals surface area contributed by atoms with E-state index < -0.39 is 5.97 Å². The van der Waals surface area contributed by atoms with Gasteiger partial charge in [0.15, 0.2) is 0 Å². The van der Waals surface area contributed by atoms with Gasteiger partial charge in [-0.25, -0.2) is 0 Å². The Kier molecular flexibility index (Phi) is 2.13. The average Bonchev–Trinajstić information content (AvgIpc) is 2.44. The Hall–Kier alpha value is -1.55. The van der Waals surface area contributed by atoms with Gasteiger partial charge in [-0.15, -0.1) is 0 Å². The minimum Gasteiger partial charge on any atom is -0.481 e. The molecular weight excluding hydrogens is 204 g/mol. The highest BCUT2D eigenvalue weighted by Crippen LogP contribution is 2.19. The Morgan fingerprint density at radius 2 is 2.21 bits per heavy atom. The number of carboxylic acids is 1. The molecule has 5 heteroatoms. The maximum Gasteiger partial charge on any atom is 0.309 e. The van der Waals surface area contributed by atoms with E-state index in [1.807, 2.05) is 12.1 Å². The van der Waals surface area contributed by atoms with Gasteiger partial charge < -0.3 is 5.11 Å². The molecule has 1 heterocycles. The maximum atomic E-state index is 10.5. The minimum atomic E-state index is -0.912. The summed E-state index contributed by atoms with van der Waals surface area (Å²) in [6.07, 6.45) is -0.111. The smallest absolute Gasteiger partial charge is 0.309 e. The third-order valence-electron chi connectivity index (χ3n) is 1.94. The molecule has 1 aromatic carbocycles. The van der Waals surface area contributed by atoms with Crippen molar-refractivity contribution in [1.82, 2.24) is 9.30 Å². The van der Waals surface area contributed by atoms with Gasteiger partial charge in [0, 0.05) is 17.2 Å². The summed E-state index contributed by atoms with van der Waals surface area (Å²) in [5.41, 5.74) is 1.22. The largest absolute Gasteiger partial charge is 0.481 e. The van der Waals surface area contributed by atoms with E-state index in [0.29, 0.717) is 5.69 Å². The van der Waals surface area contributed by atoms with Crippen LogP contribution in [0.25, 0.3) is 10.9 Å². The molecule has 0 atom stereocenters. The van der Waals surface area contributed by atoms with E-state index in [1.54, 1.807) is 12.1 Å². The lowest BCUT2D eigenvalue weighted by molar-refractivity contribution is -0.136. The normalized spacial score (nSPS) is 10.6. The molecule has 0 aliphatic carbocycles. The quantitative estimate of drug-likeness (QED) is 0.820. The number of hydrogen-bond donors (Lipinski definition) is 1. The Morgan fingerprint density at radius 1 is 1.50 bits per heavy atom. The first-order valence-electron chi connectivity index (χ1n) is 4.03. The summed E-state index contributed by atoms with van der Waals surface area (Å²) in [6, 6.07) is 7.25. The van der Waals surface area contributed by atoms with E-state index in [2.05, 4.69) is 5.10 Å². The molecule has 0 saturated carbocycles. The molecule has 0 bridgehead atoms. The van der Waals surface area contributed by atoms with Crippen molar-refractivity contribution >= 4 is 28.6 Å². The summed E-state index contributed by atoms with van der Waals surface area (Å²) in [5.74, 6) is -0.912. The average molecular weight is 211 g/mol. The van der Waals surface area contributed by atoms with E-state index in [4.69, 9.17) is 16.9 Å². The number of hydrogen-bond acceptors (Lipinski definition) is 2. The first-order chi connectivity index (χ1) is 6.68. The lowest BCUT2D eigenvalue weighted by atomic mass is 10.2. The number of aliphatic carboxylic acids is 1. The molecule has 0 radical (unpaired) electrons. The van der Waals surface area contributed by atoms with Gasteiger partial charge in [-0.1, -0.05) is 18.2 Å². The van der Waals surface area contributed by atoms with Crippen LogP contribution in [0.3, 0.4) is 0 Å². The third kappa shape index (κ3) is 1.44. The second-order valence-electron chi connectivity index (χ2n) is 2.89. The first kappa shape index (κ1) is 9.02. The molecule has 0 aliphatic rings. The van der Waals surface area contributed by atoms with Crippen LogP contribution in [0.2, 0.25) is 0 Å². The summed E-state index contributed by atoms with van der Waals surface area (Å²) in [7, 11) is 0. The lowest BCUT2D eigenvalue weighted by Crippen LogP contribution is -2.01. The van der Waals surface area contributed by atoms with Crippen LogP contribution in [0.15, 0.2) is 24.3 Å². The zero-order valence-corrected chi connectivity index (χ0v) is 7.90. The van der Waals surface area contributed by atoms with Gasteiger partial charge in [-0.3, -0.25) is 4.79 Å². The fraction of sp³-hybridized carbons (Fsp3) is 0.111. The predicted octanol–water partition coefficient (Wildman–Crippen LogP) is 1.67. The van der Waals surface area contributed by atoms with E-state index in [1.165, 1.54) is 4.20 Å². The zero-order valence-electron chi connectivity index (χ0n) is 7.14. The highest BCUT2D eigenvalue weighted by molar-refractivity contribution is 6.18. The van der Waals surface area contributed by atoms with Gasteiger partial charge in [-0.05, 0) is 6.07 Å².